The SMILES string of the molecule is Cc1cccc(CCNC(=O)CNc2cccc(C(F)(F)F)c2)c1. The van der Waals surface area contributed by atoms with Crippen molar-refractivity contribution in [1.29, 1.82) is 0 Å². The molecule has 0 saturated heterocycles. The summed E-state index contributed by atoms with van der Waals surface area (Å²) in [5.74, 6) is -0.264. The minimum absolute atomic E-state index is 0.0743. The number of hydrogen-bond acceptors (Lipinski definition) is 2. The molecule has 3 nitrogen and oxygen atoms in total. The van der Waals surface area contributed by atoms with Crippen LogP contribution in [0.3, 0.4) is 0 Å². The highest BCUT2D eigenvalue weighted by atomic mass is 19.4. The Labute approximate surface area is 138 Å². The van der Waals surface area contributed by atoms with Crippen LogP contribution in [0, 0.1) is 6.92 Å². The van der Waals surface area contributed by atoms with Crippen molar-refractivity contribution in [2.45, 2.75) is 19.5 Å². The van der Waals surface area contributed by atoms with Crippen LogP contribution < -0.4 is 10.6 Å². The summed E-state index contributed by atoms with van der Waals surface area (Å²) in [6.45, 7) is 2.41. The Bertz CT molecular complexity index is 699. The standard InChI is InChI=1S/C18H19F3N2O/c1-13-4-2-5-14(10-13)8-9-22-17(24)12-23-16-7-3-6-15(11-16)18(19,20)21/h2-7,10-11,23H,8-9,12H2,1H3,(H,22,24). The number of alkyl halides is 3. The van der Waals surface area contributed by atoms with Gasteiger partial charge in [0.25, 0.3) is 0 Å². The molecule has 0 saturated carbocycles. The predicted octanol–water partition coefficient (Wildman–Crippen LogP) is 3.78. The number of carbonyl (C=O) groups excluding carboxylic acids is 1. The first kappa shape index (κ1) is 17.8. The molecule has 0 bridgehead atoms. The summed E-state index contributed by atoms with van der Waals surface area (Å²) in [6, 6.07) is 12.8. The molecule has 2 rings (SSSR count). The molecule has 0 radical (unpaired) electrons. The zero-order valence-corrected chi connectivity index (χ0v) is 13.3. The second-order valence-corrected chi connectivity index (χ2v) is 5.52. The fraction of sp³-hybridized carbons (Fsp3) is 0.278. The molecule has 2 aromatic rings. The molecule has 0 aromatic heterocycles. The largest absolute Gasteiger partial charge is 0.416 e. The lowest BCUT2D eigenvalue weighted by atomic mass is 10.1. The molecule has 6 heteroatoms. The Hall–Kier alpha value is -2.50. The van der Waals surface area contributed by atoms with Crippen molar-refractivity contribution in [3.63, 3.8) is 0 Å². The maximum Gasteiger partial charge on any atom is 0.416 e. The van der Waals surface area contributed by atoms with Crippen molar-refractivity contribution < 1.29 is 18.0 Å². The van der Waals surface area contributed by atoms with E-state index >= 15 is 0 Å². The zero-order valence-electron chi connectivity index (χ0n) is 13.3. The van der Waals surface area contributed by atoms with Crippen LogP contribution in [-0.4, -0.2) is 19.0 Å². The van der Waals surface area contributed by atoms with E-state index in [1.165, 1.54) is 12.1 Å². The number of amides is 1. The van der Waals surface area contributed by atoms with E-state index in [1.807, 2.05) is 31.2 Å². The van der Waals surface area contributed by atoms with Crippen molar-refractivity contribution in [2.75, 3.05) is 18.4 Å². The summed E-state index contributed by atoms with van der Waals surface area (Å²) in [7, 11) is 0. The molecule has 0 unspecified atom stereocenters. The fourth-order valence-corrected chi connectivity index (χ4v) is 2.26. The number of rotatable bonds is 6. The Balaban J connectivity index is 1.77. The van der Waals surface area contributed by atoms with Crippen LogP contribution in [-0.2, 0) is 17.4 Å². The molecule has 0 spiro atoms. The molecule has 2 aromatic carbocycles. The van der Waals surface area contributed by atoms with E-state index in [1.54, 1.807) is 0 Å². The number of aryl methyl sites for hydroxylation is 1. The van der Waals surface area contributed by atoms with Crippen LogP contribution in [0.1, 0.15) is 16.7 Å². The molecule has 1 amide bonds. The maximum atomic E-state index is 12.6. The summed E-state index contributed by atoms with van der Waals surface area (Å²) in [5.41, 5.74) is 1.80. The lowest BCUT2D eigenvalue weighted by molar-refractivity contribution is -0.137. The first-order valence-corrected chi connectivity index (χ1v) is 7.58. The average molecular weight is 336 g/mol. The summed E-state index contributed by atoms with van der Waals surface area (Å²) >= 11 is 0. The van der Waals surface area contributed by atoms with Crippen LogP contribution >= 0.6 is 0 Å². The van der Waals surface area contributed by atoms with Gasteiger partial charge in [0.1, 0.15) is 0 Å². The number of carbonyl (C=O) groups is 1. The van der Waals surface area contributed by atoms with Gasteiger partial charge in [0, 0.05) is 12.2 Å². The zero-order chi connectivity index (χ0) is 17.6. The van der Waals surface area contributed by atoms with E-state index in [9.17, 15) is 18.0 Å². The third kappa shape index (κ3) is 5.61. The fourth-order valence-electron chi connectivity index (χ4n) is 2.26. The molecule has 0 aliphatic heterocycles. The summed E-state index contributed by atoms with van der Waals surface area (Å²) < 4.78 is 37.8. The molecule has 0 aliphatic rings. The van der Waals surface area contributed by atoms with Crippen molar-refractivity contribution in [2.24, 2.45) is 0 Å². The Kier molecular flexibility index (Phi) is 5.84. The van der Waals surface area contributed by atoms with E-state index in [2.05, 4.69) is 10.6 Å². The minimum atomic E-state index is -4.40. The Morgan fingerprint density at radius 2 is 1.83 bits per heavy atom. The maximum absolute atomic E-state index is 12.6. The Morgan fingerprint density at radius 1 is 1.08 bits per heavy atom. The van der Waals surface area contributed by atoms with Gasteiger partial charge >= 0.3 is 6.18 Å². The lowest BCUT2D eigenvalue weighted by Crippen LogP contribution is -2.31. The van der Waals surface area contributed by atoms with E-state index in [-0.39, 0.29) is 18.1 Å². The average Bonchev–Trinajstić information content (AvgIpc) is 2.52. The van der Waals surface area contributed by atoms with Gasteiger partial charge in [-0.3, -0.25) is 4.79 Å². The number of anilines is 1. The van der Waals surface area contributed by atoms with Crippen LogP contribution in [0.15, 0.2) is 48.5 Å². The Morgan fingerprint density at radius 3 is 2.54 bits per heavy atom. The number of benzene rings is 2. The quantitative estimate of drug-likeness (QED) is 0.843. The smallest absolute Gasteiger partial charge is 0.376 e. The number of nitrogens with one attached hydrogen (secondary N) is 2. The summed E-state index contributed by atoms with van der Waals surface area (Å²) in [6.07, 6.45) is -3.69. The minimum Gasteiger partial charge on any atom is -0.376 e. The van der Waals surface area contributed by atoms with Gasteiger partial charge in [-0.05, 0) is 37.1 Å². The molecule has 0 heterocycles. The van der Waals surface area contributed by atoms with E-state index in [4.69, 9.17) is 0 Å². The van der Waals surface area contributed by atoms with E-state index in [0.717, 1.165) is 23.3 Å². The second kappa shape index (κ2) is 7.86. The highest BCUT2D eigenvalue weighted by Crippen LogP contribution is 2.30. The van der Waals surface area contributed by atoms with Crippen LogP contribution in [0.25, 0.3) is 0 Å². The molecule has 24 heavy (non-hydrogen) atoms. The molecule has 0 fully saturated rings. The first-order chi connectivity index (χ1) is 11.3. The molecule has 0 aliphatic carbocycles. The van der Waals surface area contributed by atoms with E-state index < -0.39 is 11.7 Å². The van der Waals surface area contributed by atoms with Crippen LogP contribution in [0.5, 0.6) is 0 Å². The van der Waals surface area contributed by atoms with Crippen molar-refractivity contribution in [3.05, 3.63) is 65.2 Å². The van der Waals surface area contributed by atoms with E-state index in [0.29, 0.717) is 13.0 Å². The third-order valence-electron chi connectivity index (χ3n) is 3.46. The van der Waals surface area contributed by atoms with Crippen molar-refractivity contribution in [3.8, 4) is 0 Å². The van der Waals surface area contributed by atoms with Gasteiger partial charge in [0.2, 0.25) is 5.91 Å². The molecule has 2 N–H and O–H groups in total. The van der Waals surface area contributed by atoms with Gasteiger partial charge < -0.3 is 10.6 Å². The monoisotopic (exact) mass is 336 g/mol. The second-order valence-electron chi connectivity index (χ2n) is 5.52. The highest BCUT2D eigenvalue weighted by molar-refractivity contribution is 5.80. The highest BCUT2D eigenvalue weighted by Gasteiger charge is 2.30. The molecular weight excluding hydrogens is 317 g/mol. The summed E-state index contributed by atoms with van der Waals surface area (Å²) in [4.78, 5) is 11.8. The normalized spacial score (nSPS) is 11.2. The van der Waals surface area contributed by atoms with Gasteiger partial charge in [-0.2, -0.15) is 13.2 Å². The topological polar surface area (TPSA) is 41.1 Å². The van der Waals surface area contributed by atoms with Crippen molar-refractivity contribution >= 4 is 11.6 Å². The predicted molar refractivity (Wildman–Crippen MR) is 87.8 cm³/mol. The van der Waals surface area contributed by atoms with Crippen LogP contribution in [0.4, 0.5) is 18.9 Å². The van der Waals surface area contributed by atoms with Crippen molar-refractivity contribution in [1.82, 2.24) is 5.32 Å². The van der Waals surface area contributed by atoms with Gasteiger partial charge in [0.05, 0.1) is 12.1 Å². The van der Waals surface area contributed by atoms with Crippen LogP contribution in [0.2, 0.25) is 0 Å². The third-order valence-corrected chi connectivity index (χ3v) is 3.46. The molecular formula is C18H19F3N2O. The van der Waals surface area contributed by atoms with Gasteiger partial charge in [0.15, 0.2) is 0 Å². The summed E-state index contributed by atoms with van der Waals surface area (Å²) in [5, 5.41) is 5.44. The lowest BCUT2D eigenvalue weighted by Gasteiger charge is -2.11. The molecule has 128 valence electrons. The first-order valence-electron chi connectivity index (χ1n) is 7.58. The van der Waals surface area contributed by atoms with Gasteiger partial charge in [-0.1, -0.05) is 35.9 Å². The number of halogens is 3. The number of hydrogen-bond donors (Lipinski definition) is 2. The van der Waals surface area contributed by atoms with Gasteiger partial charge in [-0.15, -0.1) is 0 Å². The molecule has 0 atom stereocenters. The van der Waals surface area contributed by atoms with Gasteiger partial charge in [-0.25, -0.2) is 0 Å².